The van der Waals surface area contributed by atoms with Crippen molar-refractivity contribution >= 4 is 29.9 Å². The number of morpholine rings is 1. The fourth-order valence-corrected chi connectivity index (χ4v) is 4.10. The van der Waals surface area contributed by atoms with E-state index in [1.54, 1.807) is 0 Å². The average Bonchev–Trinajstić information content (AvgIpc) is 3.58. The van der Waals surface area contributed by atoms with Crippen LogP contribution in [0.25, 0.3) is 0 Å². The standard InChI is InChI=1S/C23H38FN5O.HI/c1-4-25-23(26-11-12-29(18(2)3)21-9-10-21)27-17-22(28-13-15-30-16-14-28)19-5-7-20(24)8-6-19;/h5-8,18,21-22H,4,9-17H2,1-3H3,(H2,25,26,27);1H. The Morgan fingerprint density at radius 3 is 2.45 bits per heavy atom. The molecular formula is C23H39FIN5O. The number of nitrogens with zero attached hydrogens (tertiary/aromatic N) is 3. The number of benzene rings is 1. The van der Waals surface area contributed by atoms with E-state index in [-0.39, 0.29) is 35.8 Å². The van der Waals surface area contributed by atoms with Crippen LogP contribution < -0.4 is 10.6 Å². The van der Waals surface area contributed by atoms with E-state index in [4.69, 9.17) is 9.73 Å². The second-order valence-corrected chi connectivity index (χ2v) is 8.42. The van der Waals surface area contributed by atoms with Crippen molar-refractivity contribution < 1.29 is 9.13 Å². The average molecular weight is 548 g/mol. The molecule has 1 unspecified atom stereocenters. The van der Waals surface area contributed by atoms with Gasteiger partial charge in [-0.2, -0.15) is 0 Å². The molecule has 2 N–H and O–H groups in total. The second-order valence-electron chi connectivity index (χ2n) is 8.42. The summed E-state index contributed by atoms with van der Waals surface area (Å²) in [6.45, 7) is 13.2. The highest BCUT2D eigenvalue weighted by atomic mass is 127. The van der Waals surface area contributed by atoms with Crippen LogP contribution in [-0.2, 0) is 4.74 Å². The topological polar surface area (TPSA) is 52.1 Å². The van der Waals surface area contributed by atoms with Gasteiger partial charge in [-0.05, 0) is 51.3 Å². The van der Waals surface area contributed by atoms with E-state index in [2.05, 4.69) is 41.2 Å². The lowest BCUT2D eigenvalue weighted by Crippen LogP contribution is -2.44. The highest BCUT2D eigenvalue weighted by Crippen LogP contribution is 2.28. The van der Waals surface area contributed by atoms with Crippen molar-refractivity contribution in [2.75, 3.05) is 52.5 Å². The Morgan fingerprint density at radius 1 is 1.19 bits per heavy atom. The lowest BCUT2D eigenvalue weighted by molar-refractivity contribution is 0.0179. The van der Waals surface area contributed by atoms with Gasteiger partial charge in [-0.25, -0.2) is 4.39 Å². The van der Waals surface area contributed by atoms with Crippen molar-refractivity contribution in [3.63, 3.8) is 0 Å². The SMILES string of the molecule is CCNC(=NCC(c1ccc(F)cc1)N1CCOCC1)NCCN(C(C)C)C1CC1.I. The van der Waals surface area contributed by atoms with Gasteiger partial charge in [-0.15, -0.1) is 24.0 Å². The van der Waals surface area contributed by atoms with E-state index in [0.717, 1.165) is 63.5 Å². The summed E-state index contributed by atoms with van der Waals surface area (Å²) in [5, 5.41) is 6.87. The Labute approximate surface area is 204 Å². The summed E-state index contributed by atoms with van der Waals surface area (Å²) >= 11 is 0. The van der Waals surface area contributed by atoms with Crippen LogP contribution in [0.4, 0.5) is 4.39 Å². The highest BCUT2D eigenvalue weighted by Gasteiger charge is 2.30. The zero-order valence-electron chi connectivity index (χ0n) is 19.1. The summed E-state index contributed by atoms with van der Waals surface area (Å²) < 4.78 is 19.0. The molecule has 6 nitrogen and oxygen atoms in total. The Hall–Kier alpha value is -0.970. The van der Waals surface area contributed by atoms with Crippen molar-refractivity contribution in [2.24, 2.45) is 4.99 Å². The van der Waals surface area contributed by atoms with E-state index in [0.29, 0.717) is 12.6 Å². The van der Waals surface area contributed by atoms with Gasteiger partial charge in [-0.3, -0.25) is 14.8 Å². The first-order valence-corrected chi connectivity index (χ1v) is 11.4. The molecule has 0 aromatic heterocycles. The first-order chi connectivity index (χ1) is 14.6. The molecular weight excluding hydrogens is 508 g/mol. The van der Waals surface area contributed by atoms with Crippen LogP contribution in [0.2, 0.25) is 0 Å². The maximum absolute atomic E-state index is 13.4. The number of hydrogen-bond acceptors (Lipinski definition) is 4. The number of halogens is 2. The normalized spacial score (nSPS) is 18.7. The molecule has 31 heavy (non-hydrogen) atoms. The number of nitrogens with one attached hydrogen (secondary N) is 2. The van der Waals surface area contributed by atoms with Gasteiger partial charge in [0.05, 0.1) is 25.8 Å². The van der Waals surface area contributed by atoms with E-state index < -0.39 is 0 Å². The Balaban J connectivity index is 0.00000341. The van der Waals surface area contributed by atoms with Crippen LogP contribution in [0.1, 0.15) is 45.2 Å². The summed E-state index contributed by atoms with van der Waals surface area (Å²) in [7, 11) is 0. The molecule has 8 heteroatoms. The van der Waals surface area contributed by atoms with Crippen LogP contribution in [0.15, 0.2) is 29.3 Å². The molecule has 1 atom stereocenters. The lowest BCUT2D eigenvalue weighted by Gasteiger charge is -2.34. The quantitative estimate of drug-likeness (QED) is 0.268. The molecule has 0 radical (unpaired) electrons. The number of ether oxygens (including phenoxy) is 1. The molecule has 2 fully saturated rings. The van der Waals surface area contributed by atoms with Crippen molar-refractivity contribution in [3.8, 4) is 0 Å². The molecule has 2 aliphatic rings. The largest absolute Gasteiger partial charge is 0.379 e. The first kappa shape index (κ1) is 26.3. The van der Waals surface area contributed by atoms with Crippen molar-refractivity contribution in [3.05, 3.63) is 35.6 Å². The summed E-state index contributed by atoms with van der Waals surface area (Å²) in [5.41, 5.74) is 1.10. The first-order valence-electron chi connectivity index (χ1n) is 11.4. The molecule has 1 saturated carbocycles. The molecule has 0 spiro atoms. The number of guanidine groups is 1. The molecule has 3 rings (SSSR count). The van der Waals surface area contributed by atoms with Gasteiger partial charge in [0.15, 0.2) is 5.96 Å². The molecule has 1 aliphatic heterocycles. The van der Waals surface area contributed by atoms with Gasteiger partial charge in [0.25, 0.3) is 0 Å². The third kappa shape index (κ3) is 8.47. The predicted molar refractivity (Wildman–Crippen MR) is 136 cm³/mol. The maximum atomic E-state index is 13.4. The third-order valence-electron chi connectivity index (χ3n) is 5.85. The molecule has 1 aromatic rings. The minimum atomic E-state index is -0.205. The summed E-state index contributed by atoms with van der Waals surface area (Å²) in [6.07, 6.45) is 2.65. The van der Waals surface area contributed by atoms with Gasteiger partial charge < -0.3 is 15.4 Å². The number of hydrogen-bond donors (Lipinski definition) is 2. The van der Waals surface area contributed by atoms with Gasteiger partial charge in [0.2, 0.25) is 0 Å². The maximum Gasteiger partial charge on any atom is 0.191 e. The molecule has 1 saturated heterocycles. The fraction of sp³-hybridized carbons (Fsp3) is 0.696. The molecule has 0 bridgehead atoms. The van der Waals surface area contributed by atoms with E-state index in [9.17, 15) is 4.39 Å². The van der Waals surface area contributed by atoms with Gasteiger partial charge in [-0.1, -0.05) is 12.1 Å². The van der Waals surface area contributed by atoms with Crippen molar-refractivity contribution in [1.82, 2.24) is 20.4 Å². The van der Waals surface area contributed by atoms with Crippen LogP contribution in [0, 0.1) is 5.82 Å². The Bertz CT molecular complexity index is 660. The molecule has 1 heterocycles. The molecule has 1 aromatic carbocycles. The Kier molecular flexibility index (Phi) is 11.5. The number of rotatable bonds is 10. The highest BCUT2D eigenvalue weighted by molar-refractivity contribution is 14.0. The predicted octanol–water partition coefficient (Wildman–Crippen LogP) is 3.24. The lowest BCUT2D eigenvalue weighted by atomic mass is 10.0. The summed E-state index contributed by atoms with van der Waals surface area (Å²) in [6, 6.07) is 8.27. The van der Waals surface area contributed by atoms with Crippen LogP contribution >= 0.6 is 24.0 Å². The van der Waals surface area contributed by atoms with Gasteiger partial charge >= 0.3 is 0 Å². The number of aliphatic imine (C=N–C) groups is 1. The summed E-state index contributed by atoms with van der Waals surface area (Å²) in [4.78, 5) is 9.85. The van der Waals surface area contributed by atoms with Crippen molar-refractivity contribution in [2.45, 2.75) is 51.7 Å². The van der Waals surface area contributed by atoms with Gasteiger partial charge in [0, 0.05) is 44.8 Å². The smallest absolute Gasteiger partial charge is 0.191 e. The zero-order chi connectivity index (χ0) is 21.3. The molecule has 176 valence electrons. The van der Waals surface area contributed by atoms with Crippen LogP contribution in [0.5, 0.6) is 0 Å². The van der Waals surface area contributed by atoms with E-state index in [1.807, 2.05) is 12.1 Å². The Morgan fingerprint density at radius 2 is 1.87 bits per heavy atom. The van der Waals surface area contributed by atoms with E-state index in [1.165, 1.54) is 25.0 Å². The zero-order valence-corrected chi connectivity index (χ0v) is 21.5. The minimum Gasteiger partial charge on any atom is -0.379 e. The fourth-order valence-electron chi connectivity index (χ4n) is 4.10. The third-order valence-corrected chi connectivity index (χ3v) is 5.85. The second kappa shape index (κ2) is 13.5. The molecule has 1 aliphatic carbocycles. The molecule has 0 amide bonds. The van der Waals surface area contributed by atoms with E-state index >= 15 is 0 Å². The summed E-state index contributed by atoms with van der Waals surface area (Å²) in [5.74, 6) is 0.640. The minimum absolute atomic E-state index is 0. The monoisotopic (exact) mass is 547 g/mol. The van der Waals surface area contributed by atoms with Crippen LogP contribution in [-0.4, -0.2) is 80.3 Å². The van der Waals surface area contributed by atoms with Gasteiger partial charge in [0.1, 0.15) is 5.82 Å². The van der Waals surface area contributed by atoms with Crippen molar-refractivity contribution in [1.29, 1.82) is 0 Å². The van der Waals surface area contributed by atoms with Crippen LogP contribution in [0.3, 0.4) is 0 Å².